The summed E-state index contributed by atoms with van der Waals surface area (Å²) in [5.74, 6) is -0.614. The Labute approximate surface area is 129 Å². The maximum atomic E-state index is 13.1. The first-order chi connectivity index (χ1) is 10.6. The van der Waals surface area contributed by atoms with Gasteiger partial charge in [0, 0.05) is 25.6 Å². The van der Waals surface area contributed by atoms with Crippen LogP contribution in [0.3, 0.4) is 0 Å². The van der Waals surface area contributed by atoms with Crippen molar-refractivity contribution in [2.24, 2.45) is 5.92 Å². The third kappa shape index (κ3) is 3.44. The number of rotatable bonds is 3. The summed E-state index contributed by atoms with van der Waals surface area (Å²) in [5.41, 5.74) is 0.208. The van der Waals surface area contributed by atoms with Crippen molar-refractivity contribution in [2.45, 2.75) is 44.5 Å². The first-order valence-corrected chi connectivity index (χ1v) is 7.77. The second kappa shape index (κ2) is 6.30. The number of carbonyl (C=O) groups is 1. The number of hydrogen-bond donors (Lipinski definition) is 1. The molecule has 6 heteroatoms. The molecule has 22 heavy (non-hydrogen) atoms. The van der Waals surface area contributed by atoms with E-state index in [0.717, 1.165) is 37.8 Å². The van der Waals surface area contributed by atoms with Gasteiger partial charge in [0.25, 0.3) is 5.91 Å². The van der Waals surface area contributed by atoms with E-state index in [9.17, 15) is 9.18 Å². The van der Waals surface area contributed by atoms with E-state index in [1.54, 1.807) is 0 Å². The first-order valence-electron chi connectivity index (χ1n) is 7.77. The summed E-state index contributed by atoms with van der Waals surface area (Å²) < 4.78 is 24.9. The molecule has 1 aliphatic heterocycles. The highest BCUT2D eigenvalue weighted by molar-refractivity contribution is 5.93. The molecule has 2 aliphatic rings. The zero-order valence-corrected chi connectivity index (χ0v) is 12.7. The van der Waals surface area contributed by atoms with Crippen molar-refractivity contribution in [1.82, 2.24) is 10.3 Å². The molecule has 5 nitrogen and oxygen atoms in total. The smallest absolute Gasteiger partial charge is 0.253 e. The fraction of sp³-hybridized carbons (Fsp3) is 0.625. The maximum absolute atomic E-state index is 13.1. The molecule has 1 saturated heterocycles. The van der Waals surface area contributed by atoms with Gasteiger partial charge in [0.2, 0.25) is 0 Å². The van der Waals surface area contributed by atoms with Crippen LogP contribution in [0.25, 0.3) is 0 Å². The number of nitrogens with zero attached hydrogens (tertiary/aromatic N) is 1. The minimum atomic E-state index is -0.525. The molecule has 1 aromatic heterocycles. The van der Waals surface area contributed by atoms with Crippen LogP contribution in [0.4, 0.5) is 4.39 Å². The molecule has 1 amide bonds. The molecule has 1 N–H and O–H groups in total. The van der Waals surface area contributed by atoms with E-state index in [1.807, 2.05) is 0 Å². The highest BCUT2D eigenvalue weighted by Gasteiger charge is 2.43. The Kier molecular flexibility index (Phi) is 4.40. The standard InChI is InChI=1S/C16H21FN2O3/c1-11-2-4-16(5-3-11)21-10-14(22-16)9-19-15(20)12-6-13(17)8-18-7-12/h6-8,11,14H,2-5,9-10H2,1H3,(H,19,20). The predicted octanol–water partition coefficient (Wildman–Crippen LogP) is 2.27. The van der Waals surface area contributed by atoms with Crippen molar-refractivity contribution < 1.29 is 18.7 Å². The molecule has 1 spiro atoms. The lowest BCUT2D eigenvalue weighted by molar-refractivity contribution is -0.191. The summed E-state index contributed by atoms with van der Waals surface area (Å²) in [4.78, 5) is 15.6. The number of aromatic nitrogens is 1. The van der Waals surface area contributed by atoms with Gasteiger partial charge in [-0.05, 0) is 24.8 Å². The third-order valence-corrected chi connectivity index (χ3v) is 4.41. The molecule has 120 valence electrons. The van der Waals surface area contributed by atoms with Crippen LogP contribution in [0.1, 0.15) is 43.0 Å². The molecule has 0 aromatic carbocycles. The summed E-state index contributed by atoms with van der Waals surface area (Å²) in [6.07, 6.45) is 6.28. The van der Waals surface area contributed by atoms with Gasteiger partial charge in [0.05, 0.1) is 18.4 Å². The number of carbonyl (C=O) groups excluding carboxylic acids is 1. The van der Waals surface area contributed by atoms with Crippen molar-refractivity contribution in [2.75, 3.05) is 13.2 Å². The van der Waals surface area contributed by atoms with E-state index in [1.165, 1.54) is 12.3 Å². The Morgan fingerprint density at radius 3 is 2.95 bits per heavy atom. The van der Waals surface area contributed by atoms with Crippen LogP contribution in [0, 0.1) is 11.7 Å². The molecule has 0 bridgehead atoms. The normalized spacial score (nSPS) is 31.4. The van der Waals surface area contributed by atoms with Crippen molar-refractivity contribution in [3.05, 3.63) is 29.8 Å². The number of nitrogens with one attached hydrogen (secondary N) is 1. The molecule has 0 radical (unpaired) electrons. The molecule has 1 aromatic rings. The van der Waals surface area contributed by atoms with E-state index in [2.05, 4.69) is 17.2 Å². The monoisotopic (exact) mass is 308 g/mol. The summed E-state index contributed by atoms with van der Waals surface area (Å²) in [5, 5.41) is 2.75. The van der Waals surface area contributed by atoms with Gasteiger partial charge in [-0.2, -0.15) is 0 Å². The first kappa shape index (κ1) is 15.4. The Balaban J connectivity index is 1.50. The second-order valence-electron chi connectivity index (χ2n) is 6.25. The van der Waals surface area contributed by atoms with Gasteiger partial charge in [-0.15, -0.1) is 0 Å². The van der Waals surface area contributed by atoms with Crippen molar-refractivity contribution in [1.29, 1.82) is 0 Å². The zero-order chi connectivity index (χ0) is 15.6. The van der Waals surface area contributed by atoms with Gasteiger partial charge in [-0.3, -0.25) is 9.78 Å². The van der Waals surface area contributed by atoms with E-state index in [-0.39, 0.29) is 17.6 Å². The summed E-state index contributed by atoms with van der Waals surface area (Å²) >= 11 is 0. The minimum Gasteiger partial charge on any atom is -0.349 e. The van der Waals surface area contributed by atoms with Crippen LogP contribution in [0.2, 0.25) is 0 Å². The number of amides is 1. The van der Waals surface area contributed by atoms with Crippen LogP contribution >= 0.6 is 0 Å². The Morgan fingerprint density at radius 2 is 2.23 bits per heavy atom. The zero-order valence-electron chi connectivity index (χ0n) is 12.7. The molecule has 1 unspecified atom stereocenters. The molecule has 2 fully saturated rings. The number of hydrogen-bond acceptors (Lipinski definition) is 4. The number of ether oxygens (including phenoxy) is 2. The van der Waals surface area contributed by atoms with Crippen LogP contribution in [-0.4, -0.2) is 35.9 Å². The lowest BCUT2D eigenvalue weighted by Gasteiger charge is -2.34. The Bertz CT molecular complexity index is 544. The highest BCUT2D eigenvalue weighted by atomic mass is 19.1. The van der Waals surface area contributed by atoms with Crippen LogP contribution in [-0.2, 0) is 9.47 Å². The average molecular weight is 308 g/mol. The molecule has 1 atom stereocenters. The number of pyridine rings is 1. The Morgan fingerprint density at radius 1 is 1.45 bits per heavy atom. The molecular weight excluding hydrogens is 287 g/mol. The lowest BCUT2D eigenvalue weighted by Crippen LogP contribution is -2.38. The predicted molar refractivity (Wildman–Crippen MR) is 77.7 cm³/mol. The van der Waals surface area contributed by atoms with Crippen molar-refractivity contribution >= 4 is 5.91 Å². The summed E-state index contributed by atoms with van der Waals surface area (Å²) in [6.45, 7) is 3.08. The van der Waals surface area contributed by atoms with Crippen LogP contribution < -0.4 is 5.32 Å². The largest absolute Gasteiger partial charge is 0.349 e. The SMILES string of the molecule is CC1CCC2(CC1)OCC(CNC(=O)c1cncc(F)c1)O2. The van der Waals surface area contributed by atoms with Crippen LogP contribution in [0.5, 0.6) is 0 Å². The van der Waals surface area contributed by atoms with Gasteiger partial charge < -0.3 is 14.8 Å². The van der Waals surface area contributed by atoms with Crippen molar-refractivity contribution in [3.8, 4) is 0 Å². The fourth-order valence-electron chi connectivity index (χ4n) is 3.03. The van der Waals surface area contributed by atoms with Crippen molar-refractivity contribution in [3.63, 3.8) is 0 Å². The second-order valence-corrected chi connectivity index (χ2v) is 6.25. The highest BCUT2D eigenvalue weighted by Crippen LogP contribution is 2.39. The molecule has 2 heterocycles. The van der Waals surface area contributed by atoms with Gasteiger partial charge in [-0.1, -0.05) is 6.92 Å². The Hall–Kier alpha value is -1.53. The van der Waals surface area contributed by atoms with E-state index in [0.29, 0.717) is 13.2 Å². The maximum Gasteiger partial charge on any atom is 0.253 e. The topological polar surface area (TPSA) is 60.5 Å². The number of halogens is 1. The fourth-order valence-corrected chi connectivity index (χ4v) is 3.03. The molecule has 3 rings (SSSR count). The van der Waals surface area contributed by atoms with Gasteiger partial charge in [-0.25, -0.2) is 4.39 Å². The molecule has 1 saturated carbocycles. The molecular formula is C16H21FN2O3. The quantitative estimate of drug-likeness (QED) is 0.930. The summed E-state index contributed by atoms with van der Waals surface area (Å²) in [7, 11) is 0. The van der Waals surface area contributed by atoms with E-state index in [4.69, 9.17) is 9.47 Å². The summed E-state index contributed by atoms with van der Waals surface area (Å²) in [6, 6.07) is 1.17. The minimum absolute atomic E-state index is 0.154. The van der Waals surface area contributed by atoms with E-state index < -0.39 is 11.6 Å². The molecule has 1 aliphatic carbocycles. The van der Waals surface area contributed by atoms with Gasteiger partial charge >= 0.3 is 0 Å². The van der Waals surface area contributed by atoms with Gasteiger partial charge in [0.1, 0.15) is 11.9 Å². The third-order valence-electron chi connectivity index (χ3n) is 4.41. The average Bonchev–Trinajstić information content (AvgIpc) is 2.91. The van der Waals surface area contributed by atoms with E-state index >= 15 is 0 Å². The van der Waals surface area contributed by atoms with Gasteiger partial charge in [0.15, 0.2) is 5.79 Å². The van der Waals surface area contributed by atoms with Crippen LogP contribution in [0.15, 0.2) is 18.5 Å². The lowest BCUT2D eigenvalue weighted by atomic mass is 9.86.